The van der Waals surface area contributed by atoms with Gasteiger partial charge in [0, 0.05) is 30.4 Å². The summed E-state index contributed by atoms with van der Waals surface area (Å²) in [5.74, 6) is 0.496. The Hall–Kier alpha value is -2.34. The molecule has 1 atom stereocenters. The smallest absolute Gasteiger partial charge is 0.183 e. The first-order valence-electron chi connectivity index (χ1n) is 8.38. The van der Waals surface area contributed by atoms with E-state index in [1.165, 1.54) is 25.0 Å². The van der Waals surface area contributed by atoms with Crippen LogP contribution in [0.2, 0.25) is 0 Å². The number of halogens is 1. The summed E-state index contributed by atoms with van der Waals surface area (Å²) < 4.78 is 14.9. The summed E-state index contributed by atoms with van der Waals surface area (Å²) in [5, 5.41) is 12.0. The highest BCUT2D eigenvalue weighted by molar-refractivity contribution is 5.66. The summed E-state index contributed by atoms with van der Waals surface area (Å²) >= 11 is 0. The lowest BCUT2D eigenvalue weighted by molar-refractivity contribution is 0.177. The predicted octanol–water partition coefficient (Wildman–Crippen LogP) is 3.16. The van der Waals surface area contributed by atoms with Crippen LogP contribution in [-0.4, -0.2) is 38.0 Å². The van der Waals surface area contributed by atoms with Gasteiger partial charge in [-0.1, -0.05) is 19.1 Å². The van der Waals surface area contributed by atoms with E-state index in [2.05, 4.69) is 33.4 Å². The van der Waals surface area contributed by atoms with Gasteiger partial charge in [-0.05, 0) is 59.5 Å². The number of aromatic nitrogens is 4. The molecule has 2 aromatic heterocycles. The summed E-state index contributed by atoms with van der Waals surface area (Å²) in [7, 11) is 0. The maximum atomic E-state index is 13.2. The molecule has 6 heteroatoms. The van der Waals surface area contributed by atoms with Crippen molar-refractivity contribution < 1.29 is 4.39 Å². The Kier molecular flexibility index (Phi) is 3.98. The molecule has 1 saturated heterocycles. The minimum absolute atomic E-state index is 0.232. The van der Waals surface area contributed by atoms with Crippen LogP contribution < -0.4 is 0 Å². The van der Waals surface area contributed by atoms with Crippen molar-refractivity contribution in [3.8, 4) is 11.1 Å². The van der Waals surface area contributed by atoms with Crippen molar-refractivity contribution in [2.45, 2.75) is 26.3 Å². The molecule has 0 N–H and O–H groups in total. The second kappa shape index (κ2) is 6.28. The Morgan fingerprint density at radius 3 is 2.83 bits per heavy atom. The average Bonchev–Trinajstić information content (AvgIpc) is 3.04. The molecule has 0 bridgehead atoms. The van der Waals surface area contributed by atoms with Crippen LogP contribution in [0.1, 0.15) is 25.3 Å². The Balaban J connectivity index is 1.71. The molecule has 1 aromatic carbocycles. The first-order valence-corrected chi connectivity index (χ1v) is 8.38. The molecule has 24 heavy (non-hydrogen) atoms. The highest BCUT2D eigenvalue weighted by Gasteiger charge is 2.18. The average molecular weight is 325 g/mol. The normalized spacial score (nSPS) is 19.0. The number of likely N-dealkylation sites (tertiary alicyclic amines) is 1. The monoisotopic (exact) mass is 325 g/mol. The third kappa shape index (κ3) is 3.01. The minimum atomic E-state index is -0.232. The van der Waals surface area contributed by atoms with Crippen molar-refractivity contribution in [1.82, 2.24) is 24.9 Å². The Labute approximate surface area is 140 Å². The summed E-state index contributed by atoms with van der Waals surface area (Å²) in [6.07, 6.45) is 4.43. The molecule has 0 radical (unpaired) electrons. The van der Waals surface area contributed by atoms with Gasteiger partial charge in [-0.15, -0.1) is 5.10 Å². The number of hydrogen-bond acceptors (Lipinski definition) is 4. The molecule has 1 fully saturated rings. The molecule has 5 nitrogen and oxygen atoms in total. The van der Waals surface area contributed by atoms with Crippen molar-refractivity contribution in [3.05, 3.63) is 47.9 Å². The second-order valence-electron chi connectivity index (χ2n) is 6.69. The molecule has 3 aromatic rings. The molecule has 0 aliphatic carbocycles. The maximum absolute atomic E-state index is 13.2. The van der Waals surface area contributed by atoms with Gasteiger partial charge in [-0.25, -0.2) is 4.39 Å². The minimum Gasteiger partial charge on any atom is -0.299 e. The quantitative estimate of drug-likeness (QED) is 0.742. The van der Waals surface area contributed by atoms with Crippen LogP contribution in [0.3, 0.4) is 0 Å². The van der Waals surface area contributed by atoms with Crippen LogP contribution in [0, 0.1) is 11.7 Å². The van der Waals surface area contributed by atoms with E-state index < -0.39 is 0 Å². The topological polar surface area (TPSA) is 46.3 Å². The molecule has 1 unspecified atom stereocenters. The van der Waals surface area contributed by atoms with Gasteiger partial charge in [-0.3, -0.25) is 4.90 Å². The lowest BCUT2D eigenvalue weighted by Crippen LogP contribution is -2.33. The van der Waals surface area contributed by atoms with E-state index in [1.807, 2.05) is 6.20 Å². The Morgan fingerprint density at radius 2 is 2.04 bits per heavy atom. The summed E-state index contributed by atoms with van der Waals surface area (Å²) in [6.45, 7) is 5.35. The lowest BCUT2D eigenvalue weighted by atomic mass is 9.99. The van der Waals surface area contributed by atoms with Gasteiger partial charge < -0.3 is 0 Å². The van der Waals surface area contributed by atoms with Crippen molar-refractivity contribution in [3.63, 3.8) is 0 Å². The molecular formula is C18H20FN5. The molecular weight excluding hydrogens is 305 g/mol. The summed E-state index contributed by atoms with van der Waals surface area (Å²) in [6, 6.07) is 8.65. The van der Waals surface area contributed by atoms with Gasteiger partial charge in [0.15, 0.2) is 5.65 Å². The molecule has 4 rings (SSSR count). The number of hydrogen-bond donors (Lipinski definition) is 0. The highest BCUT2D eigenvalue weighted by Crippen LogP contribution is 2.25. The Morgan fingerprint density at radius 1 is 1.21 bits per heavy atom. The number of piperidine rings is 1. The fourth-order valence-electron chi connectivity index (χ4n) is 3.50. The van der Waals surface area contributed by atoms with E-state index in [-0.39, 0.29) is 5.82 Å². The zero-order valence-corrected chi connectivity index (χ0v) is 13.7. The number of tetrazole rings is 1. The van der Waals surface area contributed by atoms with Crippen LogP contribution in [0.25, 0.3) is 16.8 Å². The number of fused-ring (bicyclic) bond motifs is 1. The van der Waals surface area contributed by atoms with Crippen LogP contribution in [0.15, 0.2) is 36.5 Å². The molecule has 1 aliphatic heterocycles. The van der Waals surface area contributed by atoms with Crippen molar-refractivity contribution in [2.75, 3.05) is 13.1 Å². The third-order valence-electron chi connectivity index (χ3n) is 4.68. The van der Waals surface area contributed by atoms with E-state index in [0.717, 1.165) is 47.9 Å². The molecule has 1 aliphatic rings. The van der Waals surface area contributed by atoms with Crippen molar-refractivity contribution >= 4 is 5.65 Å². The zero-order chi connectivity index (χ0) is 16.5. The predicted molar refractivity (Wildman–Crippen MR) is 89.9 cm³/mol. The standard InChI is InChI=1S/C18H20FN5/c1-13-3-2-8-23(10-13)11-16-9-15(12-24-18(16)20-21-22-24)14-4-6-17(19)7-5-14/h4-7,9,12-13H,2-3,8,10-11H2,1H3. The van der Waals surface area contributed by atoms with E-state index >= 15 is 0 Å². The number of pyridine rings is 1. The van der Waals surface area contributed by atoms with E-state index in [4.69, 9.17) is 0 Å². The van der Waals surface area contributed by atoms with Crippen molar-refractivity contribution in [2.24, 2.45) is 5.92 Å². The highest BCUT2D eigenvalue weighted by atomic mass is 19.1. The molecule has 0 spiro atoms. The van der Waals surface area contributed by atoms with Gasteiger partial charge in [0.25, 0.3) is 0 Å². The number of nitrogens with zero attached hydrogens (tertiary/aromatic N) is 5. The SMILES string of the molecule is CC1CCCN(Cc2cc(-c3ccc(F)cc3)cn3nnnc23)C1. The third-order valence-corrected chi connectivity index (χ3v) is 4.68. The van der Waals surface area contributed by atoms with Gasteiger partial charge >= 0.3 is 0 Å². The summed E-state index contributed by atoms with van der Waals surface area (Å²) in [5.41, 5.74) is 3.85. The van der Waals surface area contributed by atoms with Gasteiger partial charge in [-0.2, -0.15) is 4.52 Å². The Bertz CT molecular complexity index is 842. The van der Waals surface area contributed by atoms with Crippen LogP contribution in [-0.2, 0) is 6.54 Å². The zero-order valence-electron chi connectivity index (χ0n) is 13.7. The van der Waals surface area contributed by atoms with Crippen molar-refractivity contribution in [1.29, 1.82) is 0 Å². The largest absolute Gasteiger partial charge is 0.299 e. The van der Waals surface area contributed by atoms with E-state index in [0.29, 0.717) is 0 Å². The number of rotatable bonds is 3. The van der Waals surface area contributed by atoms with E-state index in [9.17, 15) is 4.39 Å². The van der Waals surface area contributed by atoms with Crippen LogP contribution >= 0.6 is 0 Å². The number of benzene rings is 1. The fourth-order valence-corrected chi connectivity index (χ4v) is 3.50. The van der Waals surface area contributed by atoms with Crippen LogP contribution in [0.5, 0.6) is 0 Å². The van der Waals surface area contributed by atoms with E-state index in [1.54, 1.807) is 16.6 Å². The fraction of sp³-hybridized carbons (Fsp3) is 0.389. The second-order valence-corrected chi connectivity index (χ2v) is 6.69. The molecule has 124 valence electrons. The molecule has 0 amide bonds. The van der Waals surface area contributed by atoms with Crippen LogP contribution in [0.4, 0.5) is 4.39 Å². The lowest BCUT2D eigenvalue weighted by Gasteiger charge is -2.30. The molecule has 3 heterocycles. The van der Waals surface area contributed by atoms with Gasteiger partial charge in [0.05, 0.1) is 0 Å². The molecule has 0 saturated carbocycles. The first-order chi connectivity index (χ1) is 11.7. The first kappa shape index (κ1) is 15.2. The van der Waals surface area contributed by atoms with Gasteiger partial charge in [0.2, 0.25) is 0 Å². The summed E-state index contributed by atoms with van der Waals surface area (Å²) in [4.78, 5) is 2.46. The maximum Gasteiger partial charge on any atom is 0.183 e. The van der Waals surface area contributed by atoms with Gasteiger partial charge in [0.1, 0.15) is 5.82 Å².